The highest BCUT2D eigenvalue weighted by Gasteiger charge is 1.97. The van der Waals surface area contributed by atoms with Gasteiger partial charge in [0, 0.05) is 0 Å². The molecule has 4 heteroatoms. The SMILES string of the molecule is C#CCn1cnc(CNCC)n1. The van der Waals surface area contributed by atoms with Crippen molar-refractivity contribution in [3.8, 4) is 12.3 Å². The van der Waals surface area contributed by atoms with E-state index in [9.17, 15) is 0 Å². The minimum atomic E-state index is 0.485. The van der Waals surface area contributed by atoms with Gasteiger partial charge >= 0.3 is 0 Å². The Labute approximate surface area is 72.0 Å². The molecule has 0 saturated carbocycles. The molecule has 0 aliphatic rings. The molecule has 0 aromatic carbocycles. The summed E-state index contributed by atoms with van der Waals surface area (Å²) in [6.45, 7) is 4.15. The molecule has 0 aliphatic heterocycles. The average molecular weight is 164 g/mol. The second-order valence-corrected chi connectivity index (χ2v) is 2.34. The van der Waals surface area contributed by atoms with E-state index in [-0.39, 0.29) is 0 Å². The van der Waals surface area contributed by atoms with Crippen molar-refractivity contribution in [2.75, 3.05) is 6.54 Å². The maximum atomic E-state index is 5.12. The summed E-state index contributed by atoms with van der Waals surface area (Å²) in [6, 6.07) is 0. The Kier molecular flexibility index (Phi) is 3.30. The van der Waals surface area contributed by atoms with Gasteiger partial charge in [-0.05, 0) is 6.54 Å². The van der Waals surface area contributed by atoms with Crippen LogP contribution in [0, 0.1) is 12.3 Å². The molecule has 0 spiro atoms. The first kappa shape index (κ1) is 8.75. The van der Waals surface area contributed by atoms with Gasteiger partial charge in [-0.15, -0.1) is 6.42 Å². The molecule has 0 saturated heterocycles. The van der Waals surface area contributed by atoms with Crippen molar-refractivity contribution >= 4 is 0 Å². The molecule has 0 unspecified atom stereocenters. The van der Waals surface area contributed by atoms with Crippen molar-refractivity contribution in [3.63, 3.8) is 0 Å². The van der Waals surface area contributed by atoms with Crippen molar-refractivity contribution in [3.05, 3.63) is 12.2 Å². The fraction of sp³-hybridized carbons (Fsp3) is 0.500. The van der Waals surface area contributed by atoms with E-state index >= 15 is 0 Å². The molecule has 0 bridgehead atoms. The van der Waals surface area contributed by atoms with Gasteiger partial charge in [-0.25, -0.2) is 9.67 Å². The Bertz CT molecular complexity index is 271. The van der Waals surface area contributed by atoms with Gasteiger partial charge in [0.2, 0.25) is 0 Å². The zero-order valence-corrected chi connectivity index (χ0v) is 7.12. The Balaban J connectivity index is 2.48. The second-order valence-electron chi connectivity index (χ2n) is 2.34. The summed E-state index contributed by atoms with van der Waals surface area (Å²) in [5.41, 5.74) is 0. The van der Waals surface area contributed by atoms with E-state index in [1.807, 2.05) is 6.92 Å². The van der Waals surface area contributed by atoms with Crippen LogP contribution in [0.1, 0.15) is 12.7 Å². The molecule has 0 fully saturated rings. The fourth-order valence-electron chi connectivity index (χ4n) is 0.821. The lowest BCUT2D eigenvalue weighted by molar-refractivity contribution is 0.655. The lowest BCUT2D eigenvalue weighted by Crippen LogP contribution is -2.13. The summed E-state index contributed by atoms with van der Waals surface area (Å²) < 4.78 is 1.65. The lowest BCUT2D eigenvalue weighted by Gasteiger charge is -1.94. The molecule has 0 amide bonds. The van der Waals surface area contributed by atoms with E-state index in [1.54, 1.807) is 11.0 Å². The van der Waals surface area contributed by atoms with Crippen LogP contribution in [0.2, 0.25) is 0 Å². The number of nitrogens with zero attached hydrogens (tertiary/aromatic N) is 3. The Morgan fingerprint density at radius 3 is 3.25 bits per heavy atom. The van der Waals surface area contributed by atoms with Gasteiger partial charge in [0.25, 0.3) is 0 Å². The molecule has 1 heterocycles. The van der Waals surface area contributed by atoms with Crippen LogP contribution in [0.4, 0.5) is 0 Å². The van der Waals surface area contributed by atoms with Crippen molar-refractivity contribution < 1.29 is 0 Å². The maximum Gasteiger partial charge on any atom is 0.164 e. The van der Waals surface area contributed by atoms with Gasteiger partial charge in [0.1, 0.15) is 12.9 Å². The summed E-state index contributed by atoms with van der Waals surface area (Å²) in [5.74, 6) is 3.28. The highest BCUT2D eigenvalue weighted by atomic mass is 15.3. The van der Waals surface area contributed by atoms with Crippen LogP contribution in [0.5, 0.6) is 0 Å². The predicted octanol–water partition coefficient (Wildman–Crippen LogP) is 0.0208. The van der Waals surface area contributed by atoms with Gasteiger partial charge in [-0.2, -0.15) is 5.10 Å². The van der Waals surface area contributed by atoms with Crippen LogP contribution < -0.4 is 5.32 Å². The van der Waals surface area contributed by atoms with Crippen molar-refractivity contribution in [2.24, 2.45) is 0 Å². The van der Waals surface area contributed by atoms with E-state index in [2.05, 4.69) is 21.3 Å². The number of rotatable bonds is 4. The first-order chi connectivity index (χ1) is 5.86. The van der Waals surface area contributed by atoms with Crippen molar-refractivity contribution in [1.82, 2.24) is 20.1 Å². The number of terminal acetylenes is 1. The first-order valence-corrected chi connectivity index (χ1v) is 3.89. The summed E-state index contributed by atoms with van der Waals surface area (Å²) in [4.78, 5) is 4.07. The Morgan fingerprint density at radius 1 is 1.75 bits per heavy atom. The minimum Gasteiger partial charge on any atom is -0.310 e. The van der Waals surface area contributed by atoms with Crippen LogP contribution in [-0.4, -0.2) is 21.3 Å². The minimum absolute atomic E-state index is 0.485. The number of hydrogen-bond acceptors (Lipinski definition) is 3. The largest absolute Gasteiger partial charge is 0.310 e. The molecule has 1 aromatic rings. The van der Waals surface area contributed by atoms with E-state index in [0.29, 0.717) is 13.1 Å². The summed E-state index contributed by atoms with van der Waals surface area (Å²) >= 11 is 0. The van der Waals surface area contributed by atoms with Crippen LogP contribution in [0.25, 0.3) is 0 Å². The zero-order valence-electron chi connectivity index (χ0n) is 7.12. The topological polar surface area (TPSA) is 42.7 Å². The Morgan fingerprint density at radius 2 is 2.58 bits per heavy atom. The summed E-state index contributed by atoms with van der Waals surface area (Å²) in [6.07, 6.45) is 6.76. The molecular weight excluding hydrogens is 152 g/mol. The fourth-order valence-corrected chi connectivity index (χ4v) is 0.821. The van der Waals surface area contributed by atoms with Gasteiger partial charge in [-0.1, -0.05) is 12.8 Å². The second kappa shape index (κ2) is 4.52. The van der Waals surface area contributed by atoms with Crippen LogP contribution in [0.15, 0.2) is 6.33 Å². The number of aromatic nitrogens is 3. The zero-order chi connectivity index (χ0) is 8.81. The molecule has 0 aliphatic carbocycles. The highest BCUT2D eigenvalue weighted by Crippen LogP contribution is 1.88. The lowest BCUT2D eigenvalue weighted by atomic mass is 10.6. The van der Waals surface area contributed by atoms with Gasteiger partial charge < -0.3 is 5.32 Å². The first-order valence-electron chi connectivity index (χ1n) is 3.89. The standard InChI is InChI=1S/C8H12N4/c1-3-5-12-7-10-8(11-12)6-9-4-2/h1,7,9H,4-6H2,2H3. The molecule has 0 atom stereocenters. The monoisotopic (exact) mass is 164 g/mol. The van der Waals surface area contributed by atoms with Gasteiger partial charge in [-0.3, -0.25) is 0 Å². The van der Waals surface area contributed by atoms with E-state index < -0.39 is 0 Å². The number of nitrogens with one attached hydrogen (secondary N) is 1. The third-order valence-electron chi connectivity index (χ3n) is 1.37. The van der Waals surface area contributed by atoms with E-state index in [1.165, 1.54) is 0 Å². The van der Waals surface area contributed by atoms with Gasteiger partial charge in [0.15, 0.2) is 5.82 Å². The molecule has 1 N–H and O–H groups in total. The molecule has 64 valence electrons. The summed E-state index contributed by atoms with van der Waals surface area (Å²) in [5, 5.41) is 7.27. The quantitative estimate of drug-likeness (QED) is 0.638. The third kappa shape index (κ3) is 2.36. The highest BCUT2D eigenvalue weighted by molar-refractivity contribution is 4.87. The molecule has 12 heavy (non-hydrogen) atoms. The molecular formula is C8H12N4. The molecule has 0 radical (unpaired) electrons. The predicted molar refractivity (Wildman–Crippen MR) is 46.2 cm³/mol. The smallest absolute Gasteiger partial charge is 0.164 e. The van der Waals surface area contributed by atoms with Crippen LogP contribution in [-0.2, 0) is 13.1 Å². The van der Waals surface area contributed by atoms with Gasteiger partial charge in [0.05, 0.1) is 6.54 Å². The van der Waals surface area contributed by atoms with Crippen LogP contribution in [0.3, 0.4) is 0 Å². The van der Waals surface area contributed by atoms with Crippen LogP contribution >= 0.6 is 0 Å². The number of hydrogen-bond donors (Lipinski definition) is 1. The normalized spacial score (nSPS) is 9.67. The maximum absolute atomic E-state index is 5.12. The average Bonchev–Trinajstić information content (AvgIpc) is 2.50. The van der Waals surface area contributed by atoms with Crippen molar-refractivity contribution in [1.29, 1.82) is 0 Å². The molecule has 1 aromatic heterocycles. The van der Waals surface area contributed by atoms with E-state index in [0.717, 1.165) is 12.4 Å². The van der Waals surface area contributed by atoms with Crippen molar-refractivity contribution in [2.45, 2.75) is 20.0 Å². The van der Waals surface area contributed by atoms with E-state index in [4.69, 9.17) is 6.42 Å². The third-order valence-corrected chi connectivity index (χ3v) is 1.37. The molecule has 1 rings (SSSR count). The Hall–Kier alpha value is -1.34. The molecule has 4 nitrogen and oxygen atoms in total. The summed E-state index contributed by atoms with van der Waals surface area (Å²) in [7, 11) is 0.